The molecule has 3 rings (SSSR count). The molecule has 0 radical (unpaired) electrons. The molecule has 0 bridgehead atoms. The van der Waals surface area contributed by atoms with Crippen molar-refractivity contribution >= 4 is 46.5 Å². The highest BCUT2D eigenvalue weighted by molar-refractivity contribution is 7.80. The van der Waals surface area contributed by atoms with Crippen molar-refractivity contribution in [3.63, 3.8) is 0 Å². The average Bonchev–Trinajstić information content (AvgIpc) is 3.76. The molecule has 5 N–H and O–H groups in total. The molecule has 2 aromatic rings. The van der Waals surface area contributed by atoms with Gasteiger partial charge < -0.3 is 31.3 Å². The Morgan fingerprint density at radius 2 is 1.26 bits per heavy atom. The van der Waals surface area contributed by atoms with E-state index in [1.807, 2.05) is 88.4 Å². The van der Waals surface area contributed by atoms with E-state index in [2.05, 4.69) is 26.6 Å². The van der Waals surface area contributed by atoms with E-state index in [4.69, 9.17) is 17.0 Å². The van der Waals surface area contributed by atoms with Crippen LogP contribution >= 0.6 is 12.2 Å². The van der Waals surface area contributed by atoms with Crippen molar-refractivity contribution in [1.82, 2.24) is 21.3 Å². The summed E-state index contributed by atoms with van der Waals surface area (Å²) in [5, 5.41) is 15.0. The number of rotatable bonds is 17. The lowest BCUT2D eigenvalue weighted by molar-refractivity contribution is -0.134. The van der Waals surface area contributed by atoms with Gasteiger partial charge in [0.15, 0.2) is 10.9 Å². The summed E-state index contributed by atoms with van der Waals surface area (Å²) < 4.78 is 5.32. The maximum absolute atomic E-state index is 13.7. The Labute approximate surface area is 278 Å². The molecule has 2 aromatic carbocycles. The van der Waals surface area contributed by atoms with Crippen LogP contribution < -0.4 is 26.6 Å². The van der Waals surface area contributed by atoms with Gasteiger partial charge in [0, 0.05) is 5.69 Å². The molecule has 0 unspecified atom stereocenters. The predicted octanol–water partition coefficient (Wildman–Crippen LogP) is 3.90. The third kappa shape index (κ3) is 11.8. The Hall–Kier alpha value is -3.83. The van der Waals surface area contributed by atoms with Gasteiger partial charge in [0.1, 0.15) is 23.7 Å². The van der Waals surface area contributed by atoms with Gasteiger partial charge >= 0.3 is 0 Å². The Balaban J connectivity index is 1.68. The molecule has 11 heteroatoms. The number of ether oxygens (including phenoxy) is 1. The number of thiocarbonyl (C=S) groups is 1. The van der Waals surface area contributed by atoms with E-state index in [1.54, 1.807) is 13.8 Å². The van der Waals surface area contributed by atoms with Crippen LogP contribution in [0, 0.1) is 11.8 Å². The lowest BCUT2D eigenvalue weighted by Gasteiger charge is -2.27. The molecule has 1 saturated heterocycles. The van der Waals surface area contributed by atoms with Crippen LogP contribution in [0.25, 0.3) is 0 Å². The van der Waals surface area contributed by atoms with Gasteiger partial charge in [-0.15, -0.1) is 0 Å². The number of anilines is 1. The second-order valence-electron chi connectivity index (χ2n) is 13.0. The molecule has 1 aliphatic heterocycles. The van der Waals surface area contributed by atoms with Gasteiger partial charge in [-0.05, 0) is 81.3 Å². The monoisotopic (exact) mass is 651 g/mol. The molecule has 10 nitrogen and oxygen atoms in total. The first kappa shape index (κ1) is 36.6. The lowest BCUT2D eigenvalue weighted by atomic mass is 9.93. The number of hydrogen-bond acceptors (Lipinski definition) is 6. The number of ketones is 1. The van der Waals surface area contributed by atoms with Crippen LogP contribution in [0.2, 0.25) is 0 Å². The fraction of sp³-hybridized carbons (Fsp3) is 0.514. The zero-order valence-electron chi connectivity index (χ0n) is 27.7. The predicted molar refractivity (Wildman–Crippen MR) is 184 cm³/mol. The molecule has 46 heavy (non-hydrogen) atoms. The first-order valence-corrected chi connectivity index (χ1v) is 16.4. The maximum atomic E-state index is 13.7. The van der Waals surface area contributed by atoms with Gasteiger partial charge in [-0.2, -0.15) is 0 Å². The van der Waals surface area contributed by atoms with E-state index in [0.29, 0.717) is 32.3 Å². The molecule has 0 saturated carbocycles. The zero-order chi connectivity index (χ0) is 33.9. The molecular weight excluding hydrogens is 602 g/mol. The third-order valence-electron chi connectivity index (χ3n) is 7.75. The number of benzene rings is 2. The summed E-state index contributed by atoms with van der Waals surface area (Å²) in [6.07, 6.45) is 1.84. The minimum Gasteiger partial charge on any atom is -0.361 e. The Morgan fingerprint density at radius 1 is 0.739 bits per heavy atom. The number of aryl methyl sites for hydroxylation is 1. The van der Waals surface area contributed by atoms with Crippen LogP contribution in [0.5, 0.6) is 0 Å². The Bertz CT molecular complexity index is 1330. The normalized spacial score (nSPS) is 18.1. The second kappa shape index (κ2) is 17.2. The first-order valence-electron chi connectivity index (χ1n) is 16.0. The van der Waals surface area contributed by atoms with Crippen LogP contribution in [0.4, 0.5) is 5.69 Å². The SMILES string of the molecule is CC(C)C[C@H](NC(=O)[C@H](CCc1ccccc1)NC(=S)Nc1ccccc1)C(=O)N[C@@H](C)C(=O)N[C@@H](CC(C)C)C(=O)[C@@]1(C)CO1. The highest BCUT2D eigenvalue weighted by Gasteiger charge is 2.50. The Kier molecular flexibility index (Phi) is 13.7. The molecule has 5 atom stereocenters. The van der Waals surface area contributed by atoms with Gasteiger partial charge in [-0.25, -0.2) is 0 Å². The summed E-state index contributed by atoms with van der Waals surface area (Å²) in [5.74, 6) is -1.29. The van der Waals surface area contributed by atoms with Gasteiger partial charge in [0.05, 0.1) is 12.6 Å². The van der Waals surface area contributed by atoms with Gasteiger partial charge in [-0.3, -0.25) is 19.2 Å². The molecule has 0 spiro atoms. The lowest BCUT2D eigenvalue weighted by Crippen LogP contribution is -2.58. The molecule has 1 heterocycles. The fourth-order valence-corrected chi connectivity index (χ4v) is 5.30. The summed E-state index contributed by atoms with van der Waals surface area (Å²) >= 11 is 5.53. The number of carbonyl (C=O) groups is 4. The van der Waals surface area contributed by atoms with E-state index < -0.39 is 41.6 Å². The van der Waals surface area contributed by atoms with E-state index in [-0.39, 0.29) is 28.6 Å². The number of para-hydroxylation sites is 1. The molecule has 0 aromatic heterocycles. The maximum Gasteiger partial charge on any atom is 0.243 e. The van der Waals surface area contributed by atoms with Gasteiger partial charge in [-0.1, -0.05) is 76.2 Å². The summed E-state index contributed by atoms with van der Waals surface area (Å²) in [5.41, 5.74) is 0.968. The van der Waals surface area contributed by atoms with Gasteiger partial charge in [0.2, 0.25) is 17.7 Å². The fourth-order valence-electron chi connectivity index (χ4n) is 5.04. The highest BCUT2D eigenvalue weighted by atomic mass is 32.1. The van der Waals surface area contributed by atoms with Crippen LogP contribution in [-0.2, 0) is 30.3 Å². The van der Waals surface area contributed by atoms with Crippen molar-refractivity contribution in [3.8, 4) is 0 Å². The zero-order valence-corrected chi connectivity index (χ0v) is 28.5. The number of amides is 3. The topological polar surface area (TPSA) is 141 Å². The van der Waals surface area contributed by atoms with Crippen LogP contribution in [0.3, 0.4) is 0 Å². The summed E-state index contributed by atoms with van der Waals surface area (Å²) in [7, 11) is 0. The average molecular weight is 652 g/mol. The smallest absolute Gasteiger partial charge is 0.243 e. The Morgan fingerprint density at radius 3 is 1.83 bits per heavy atom. The molecular formula is C35H49N5O5S. The summed E-state index contributed by atoms with van der Waals surface area (Å²) in [6.45, 7) is 11.5. The highest BCUT2D eigenvalue weighted by Crippen LogP contribution is 2.29. The van der Waals surface area contributed by atoms with Gasteiger partial charge in [0.25, 0.3) is 0 Å². The van der Waals surface area contributed by atoms with Crippen molar-refractivity contribution in [2.24, 2.45) is 11.8 Å². The van der Waals surface area contributed by atoms with Crippen LogP contribution in [-0.4, -0.2) is 65.0 Å². The van der Waals surface area contributed by atoms with E-state index in [9.17, 15) is 19.2 Å². The van der Waals surface area contributed by atoms with Crippen molar-refractivity contribution in [3.05, 3.63) is 66.2 Å². The first-order chi connectivity index (χ1) is 21.8. The molecule has 3 amide bonds. The minimum atomic E-state index is -0.941. The quantitative estimate of drug-likeness (QED) is 0.128. The van der Waals surface area contributed by atoms with Crippen molar-refractivity contribution in [1.29, 1.82) is 0 Å². The number of epoxide rings is 1. The molecule has 0 aliphatic carbocycles. The van der Waals surface area contributed by atoms with Crippen molar-refractivity contribution < 1.29 is 23.9 Å². The van der Waals surface area contributed by atoms with E-state index >= 15 is 0 Å². The third-order valence-corrected chi connectivity index (χ3v) is 7.97. The minimum absolute atomic E-state index is 0.0732. The van der Waals surface area contributed by atoms with Crippen LogP contribution in [0.1, 0.15) is 66.4 Å². The largest absolute Gasteiger partial charge is 0.361 e. The molecule has 1 fully saturated rings. The number of nitrogens with one attached hydrogen (secondary N) is 5. The number of hydrogen-bond donors (Lipinski definition) is 5. The molecule has 1 aliphatic rings. The standard InChI is InChI=1S/C35H49N5O5S/c1-22(2)19-28(30(41)35(6)21-45-35)38-31(42)24(5)36-33(44)29(20-23(3)4)39-32(43)27(18-17-25-13-9-7-10-14-25)40-34(46)37-26-15-11-8-12-16-26/h7-16,22-24,27-29H,17-21H2,1-6H3,(H,36,44)(H,38,42)(H,39,43)(H2,37,40,46)/t24-,27-,28-,29-,35+/m0/s1. The van der Waals surface area contributed by atoms with Crippen molar-refractivity contribution in [2.45, 2.75) is 97.0 Å². The molecule has 250 valence electrons. The number of carbonyl (C=O) groups excluding carboxylic acids is 4. The summed E-state index contributed by atoms with van der Waals surface area (Å²) in [4.78, 5) is 53.4. The second-order valence-corrected chi connectivity index (χ2v) is 13.4. The van der Waals surface area contributed by atoms with E-state index in [1.165, 1.54) is 0 Å². The van der Waals surface area contributed by atoms with E-state index in [0.717, 1.165) is 11.3 Å². The number of Topliss-reactive ketones (excluding diaryl/α,β-unsaturated/α-hetero) is 1. The summed E-state index contributed by atoms with van der Waals surface area (Å²) in [6, 6.07) is 15.9. The van der Waals surface area contributed by atoms with Crippen molar-refractivity contribution in [2.75, 3.05) is 11.9 Å². The van der Waals surface area contributed by atoms with Crippen LogP contribution in [0.15, 0.2) is 60.7 Å².